The van der Waals surface area contributed by atoms with E-state index in [1.807, 2.05) is 18.2 Å². The van der Waals surface area contributed by atoms with Crippen LogP contribution < -0.4 is 5.32 Å². The molecule has 0 bridgehead atoms. The van der Waals surface area contributed by atoms with Gasteiger partial charge in [-0.2, -0.15) is 0 Å². The van der Waals surface area contributed by atoms with E-state index in [9.17, 15) is 8.42 Å². The van der Waals surface area contributed by atoms with Crippen molar-refractivity contribution in [2.45, 2.75) is 11.4 Å². The van der Waals surface area contributed by atoms with Gasteiger partial charge in [-0.1, -0.05) is 6.07 Å². The highest BCUT2D eigenvalue weighted by molar-refractivity contribution is 14.1. The van der Waals surface area contributed by atoms with Crippen LogP contribution in [0.4, 0.5) is 5.69 Å². The Morgan fingerprint density at radius 3 is 2.60 bits per heavy atom. The average Bonchev–Trinajstić information content (AvgIpc) is 2.82. The third-order valence-corrected chi connectivity index (χ3v) is 5.10. The molecule has 5 nitrogen and oxygen atoms in total. The SMILES string of the molecule is CN(C)S(=O)(=O)c1cccc(NCc2ccc(I)o2)c1. The van der Waals surface area contributed by atoms with Gasteiger partial charge in [-0.15, -0.1) is 0 Å². The van der Waals surface area contributed by atoms with Gasteiger partial charge in [0.2, 0.25) is 10.0 Å². The molecule has 0 fully saturated rings. The lowest BCUT2D eigenvalue weighted by Crippen LogP contribution is -2.22. The number of rotatable bonds is 5. The van der Waals surface area contributed by atoms with E-state index in [2.05, 4.69) is 27.9 Å². The molecule has 20 heavy (non-hydrogen) atoms. The minimum Gasteiger partial charge on any atom is -0.454 e. The molecule has 0 amide bonds. The molecule has 0 aliphatic rings. The molecule has 108 valence electrons. The van der Waals surface area contributed by atoms with Crippen LogP contribution in [-0.2, 0) is 16.6 Å². The molecule has 1 N–H and O–H groups in total. The summed E-state index contributed by atoms with van der Waals surface area (Å²) < 4.78 is 31.5. The zero-order valence-corrected chi connectivity index (χ0v) is 14.1. The van der Waals surface area contributed by atoms with E-state index >= 15 is 0 Å². The van der Waals surface area contributed by atoms with Crippen LogP contribution in [0.5, 0.6) is 0 Å². The van der Waals surface area contributed by atoms with Crippen molar-refractivity contribution in [3.63, 3.8) is 0 Å². The van der Waals surface area contributed by atoms with Crippen LogP contribution >= 0.6 is 22.6 Å². The largest absolute Gasteiger partial charge is 0.454 e. The van der Waals surface area contributed by atoms with Gasteiger partial charge in [-0.3, -0.25) is 0 Å². The monoisotopic (exact) mass is 406 g/mol. The first-order valence-corrected chi connectivity index (χ1v) is 8.42. The normalized spacial score (nSPS) is 11.8. The van der Waals surface area contributed by atoms with Crippen molar-refractivity contribution in [2.24, 2.45) is 0 Å². The fourth-order valence-corrected chi connectivity index (χ4v) is 3.02. The Morgan fingerprint density at radius 2 is 2.00 bits per heavy atom. The van der Waals surface area contributed by atoms with Crippen LogP contribution in [0, 0.1) is 3.77 Å². The lowest BCUT2D eigenvalue weighted by atomic mass is 10.3. The summed E-state index contributed by atoms with van der Waals surface area (Å²) in [5.74, 6) is 0.801. The summed E-state index contributed by atoms with van der Waals surface area (Å²) in [6.07, 6.45) is 0. The topological polar surface area (TPSA) is 62.6 Å². The van der Waals surface area contributed by atoms with E-state index in [4.69, 9.17) is 4.42 Å². The van der Waals surface area contributed by atoms with Gasteiger partial charge >= 0.3 is 0 Å². The lowest BCUT2D eigenvalue weighted by molar-refractivity contribution is 0.493. The standard InChI is InChI=1S/C13H15IN2O3S/c1-16(2)20(17,18)12-5-3-4-10(8-12)15-9-11-6-7-13(14)19-11/h3-8,15H,9H2,1-2H3. The lowest BCUT2D eigenvalue weighted by Gasteiger charge is -2.12. The van der Waals surface area contributed by atoms with Crippen molar-refractivity contribution in [1.82, 2.24) is 4.31 Å². The van der Waals surface area contributed by atoms with Crippen LogP contribution in [0.15, 0.2) is 45.7 Å². The third kappa shape index (κ3) is 3.53. The summed E-state index contributed by atoms with van der Waals surface area (Å²) in [5.41, 5.74) is 0.735. The van der Waals surface area contributed by atoms with Gasteiger partial charge in [0.25, 0.3) is 0 Å². The molecular weight excluding hydrogens is 391 g/mol. The molecule has 1 aromatic carbocycles. The molecule has 0 aliphatic carbocycles. The minimum absolute atomic E-state index is 0.265. The van der Waals surface area contributed by atoms with Crippen LogP contribution in [-0.4, -0.2) is 26.8 Å². The van der Waals surface area contributed by atoms with E-state index in [-0.39, 0.29) is 4.90 Å². The maximum Gasteiger partial charge on any atom is 0.242 e. The number of sulfonamides is 1. The Morgan fingerprint density at radius 1 is 1.25 bits per heavy atom. The maximum atomic E-state index is 12.0. The van der Waals surface area contributed by atoms with Crippen molar-refractivity contribution in [3.8, 4) is 0 Å². The van der Waals surface area contributed by atoms with Gasteiger partial charge in [-0.25, -0.2) is 12.7 Å². The van der Waals surface area contributed by atoms with Crippen molar-refractivity contribution < 1.29 is 12.8 Å². The molecule has 0 aliphatic heterocycles. The first-order valence-electron chi connectivity index (χ1n) is 5.90. The Balaban J connectivity index is 2.14. The van der Waals surface area contributed by atoms with Crippen molar-refractivity contribution in [1.29, 1.82) is 0 Å². The highest BCUT2D eigenvalue weighted by atomic mass is 127. The maximum absolute atomic E-state index is 12.0. The molecule has 0 radical (unpaired) electrons. The van der Waals surface area contributed by atoms with E-state index < -0.39 is 10.0 Å². The molecule has 0 saturated carbocycles. The summed E-state index contributed by atoms with van der Waals surface area (Å²) in [4.78, 5) is 0.265. The average molecular weight is 406 g/mol. The van der Waals surface area contributed by atoms with E-state index in [1.165, 1.54) is 18.4 Å². The number of furan rings is 1. The second kappa shape index (κ2) is 6.15. The molecule has 0 saturated heterocycles. The van der Waals surface area contributed by atoms with Gasteiger partial charge in [0.15, 0.2) is 3.77 Å². The Bertz CT molecular complexity index is 695. The summed E-state index contributed by atoms with van der Waals surface area (Å²) in [7, 11) is -0.381. The zero-order valence-electron chi connectivity index (χ0n) is 11.1. The smallest absolute Gasteiger partial charge is 0.242 e. The van der Waals surface area contributed by atoms with Crippen LogP contribution in [0.1, 0.15) is 5.76 Å². The Labute approximate surface area is 132 Å². The summed E-state index contributed by atoms with van der Waals surface area (Å²) in [5, 5.41) is 3.15. The molecule has 1 aromatic heterocycles. The summed E-state index contributed by atoms with van der Waals surface area (Å²) in [6.45, 7) is 0.508. The van der Waals surface area contributed by atoms with Gasteiger partial charge in [-0.05, 0) is 52.9 Å². The predicted octanol–water partition coefficient (Wildman–Crippen LogP) is 2.75. The predicted molar refractivity (Wildman–Crippen MR) is 86.1 cm³/mol. The molecule has 2 rings (SSSR count). The van der Waals surface area contributed by atoms with E-state index in [1.54, 1.807) is 18.2 Å². The zero-order chi connectivity index (χ0) is 14.8. The minimum atomic E-state index is -3.41. The van der Waals surface area contributed by atoms with Crippen LogP contribution in [0.2, 0.25) is 0 Å². The van der Waals surface area contributed by atoms with Gasteiger partial charge < -0.3 is 9.73 Å². The molecule has 2 aromatic rings. The summed E-state index contributed by atoms with van der Waals surface area (Å²) in [6, 6.07) is 10.5. The van der Waals surface area contributed by atoms with E-state index in [0.717, 1.165) is 15.2 Å². The van der Waals surface area contributed by atoms with Gasteiger partial charge in [0.1, 0.15) is 5.76 Å². The Hall–Kier alpha value is -1.06. The molecular formula is C13H15IN2O3S. The quantitative estimate of drug-likeness (QED) is 0.776. The number of benzene rings is 1. The van der Waals surface area contributed by atoms with E-state index in [0.29, 0.717) is 6.54 Å². The fraction of sp³-hybridized carbons (Fsp3) is 0.231. The number of nitrogens with zero attached hydrogens (tertiary/aromatic N) is 1. The molecule has 0 spiro atoms. The summed E-state index contributed by atoms with van der Waals surface area (Å²) >= 11 is 2.10. The number of anilines is 1. The first-order chi connectivity index (χ1) is 9.39. The van der Waals surface area contributed by atoms with Crippen molar-refractivity contribution in [3.05, 3.63) is 45.9 Å². The van der Waals surface area contributed by atoms with Crippen molar-refractivity contribution >= 4 is 38.3 Å². The Kier molecular flexibility index (Phi) is 4.71. The number of halogens is 1. The van der Waals surface area contributed by atoms with Crippen LogP contribution in [0.3, 0.4) is 0 Å². The highest BCUT2D eigenvalue weighted by Gasteiger charge is 2.17. The number of hydrogen-bond acceptors (Lipinski definition) is 4. The fourth-order valence-electron chi connectivity index (χ4n) is 1.61. The van der Waals surface area contributed by atoms with Gasteiger partial charge in [0, 0.05) is 19.8 Å². The first kappa shape index (κ1) is 15.3. The second-order valence-corrected chi connectivity index (χ2v) is 7.59. The number of hydrogen-bond donors (Lipinski definition) is 1. The second-order valence-electron chi connectivity index (χ2n) is 4.37. The molecule has 7 heteroatoms. The third-order valence-electron chi connectivity index (χ3n) is 2.71. The molecule has 1 heterocycles. The van der Waals surface area contributed by atoms with Crippen molar-refractivity contribution in [2.75, 3.05) is 19.4 Å². The van der Waals surface area contributed by atoms with Crippen LogP contribution in [0.25, 0.3) is 0 Å². The van der Waals surface area contributed by atoms with Gasteiger partial charge in [0.05, 0.1) is 11.4 Å². The molecule has 0 unspecified atom stereocenters. The number of nitrogens with one attached hydrogen (secondary N) is 1. The molecule has 0 atom stereocenters. The highest BCUT2D eigenvalue weighted by Crippen LogP contribution is 2.19.